The largest absolute Gasteiger partial charge is 1.00 e. The molecule has 3 nitrogen and oxygen atoms in total. The lowest BCUT2D eigenvalue weighted by Crippen LogP contribution is -3.00. The van der Waals surface area contributed by atoms with E-state index in [4.69, 9.17) is 9.52 Å². The molecule has 0 amide bonds. The highest BCUT2D eigenvalue weighted by Crippen LogP contribution is 2.57. The van der Waals surface area contributed by atoms with Gasteiger partial charge in [-0.1, -0.05) is 72.8 Å². The molecule has 0 aliphatic carbocycles. The highest BCUT2D eigenvalue weighted by atomic mass is 79.9. The van der Waals surface area contributed by atoms with Crippen LogP contribution >= 0.6 is 7.49 Å². The Morgan fingerprint density at radius 3 is 1.38 bits per heavy atom. The number of rotatable bonds is 7. The zero-order valence-corrected chi connectivity index (χ0v) is 21.7. The monoisotopic (exact) mass is 531 g/mol. The maximum Gasteiger partial charge on any atom is 0.289 e. The van der Waals surface area contributed by atoms with Crippen LogP contribution in [-0.4, -0.2) is 11.7 Å². The molecular weight excluding hydrogens is 505 g/mol. The van der Waals surface area contributed by atoms with Crippen LogP contribution in [-0.2, 0) is 9.32 Å². The third-order valence-corrected chi connectivity index (χ3v) is 9.10. The molecule has 0 fully saturated rings. The molecule has 1 atom stereocenters. The molecule has 172 valence electrons. The first-order valence-electron chi connectivity index (χ1n) is 11.0. The zero-order valence-electron chi connectivity index (χ0n) is 19.2. The number of nitrogens with zero attached hydrogens (tertiary/aromatic N) is 1. The summed E-state index contributed by atoms with van der Waals surface area (Å²) in [5.74, 6) is -0.0451. The van der Waals surface area contributed by atoms with E-state index in [2.05, 4.69) is 36.4 Å². The van der Waals surface area contributed by atoms with Gasteiger partial charge in [-0.05, 0) is 62.4 Å². The summed E-state index contributed by atoms with van der Waals surface area (Å²) in [6, 6.07) is 40.5. The molecule has 0 saturated carbocycles. The molecule has 0 aromatic heterocycles. The second kappa shape index (κ2) is 11.9. The van der Waals surface area contributed by atoms with Gasteiger partial charge >= 0.3 is 0 Å². The topological polar surface area (TPSA) is 38.7 Å². The van der Waals surface area contributed by atoms with Crippen LogP contribution in [0.4, 0.5) is 5.69 Å². The molecule has 0 aliphatic rings. The molecule has 0 aliphatic heterocycles. The molecule has 0 saturated heterocycles. The van der Waals surface area contributed by atoms with Crippen molar-refractivity contribution in [1.29, 1.82) is 0 Å². The van der Waals surface area contributed by atoms with Crippen molar-refractivity contribution >= 4 is 40.8 Å². The summed E-state index contributed by atoms with van der Waals surface area (Å²) < 4.78 is 7.06. The molecule has 0 radical (unpaired) electrons. The number of benzene rings is 4. The van der Waals surface area contributed by atoms with Crippen LogP contribution in [0.3, 0.4) is 0 Å². The lowest BCUT2D eigenvalue weighted by molar-refractivity contribution is -0.118. The van der Waals surface area contributed by atoms with E-state index in [0.717, 1.165) is 21.6 Å². The number of hydrogen-bond acceptors (Lipinski definition) is 3. The smallest absolute Gasteiger partial charge is 0.289 e. The van der Waals surface area contributed by atoms with Crippen LogP contribution in [0.1, 0.15) is 13.8 Å². The third kappa shape index (κ3) is 5.52. The van der Waals surface area contributed by atoms with Crippen LogP contribution in [0.15, 0.2) is 126 Å². The maximum absolute atomic E-state index is 12.5. The van der Waals surface area contributed by atoms with E-state index in [1.54, 1.807) is 6.92 Å². The molecule has 4 aromatic carbocycles. The van der Waals surface area contributed by atoms with Gasteiger partial charge in [0.15, 0.2) is 0 Å². The van der Waals surface area contributed by atoms with Gasteiger partial charge in [-0.2, -0.15) is 0 Å². The van der Waals surface area contributed by atoms with Gasteiger partial charge in [0, 0.05) is 0 Å². The SMILES string of the molecule is CC(=O)C(C)C(=Nc1ccccc1)O[P+](c1ccccc1)(c1ccccc1)c1ccccc1.[Br-]. The normalized spacial score (nSPS) is 12.4. The van der Waals surface area contributed by atoms with Gasteiger partial charge in [0.05, 0.1) is 11.6 Å². The molecule has 4 rings (SSSR count). The molecule has 1 unspecified atom stereocenters. The van der Waals surface area contributed by atoms with E-state index in [9.17, 15) is 4.79 Å². The molecule has 34 heavy (non-hydrogen) atoms. The Morgan fingerprint density at radius 2 is 1.03 bits per heavy atom. The molecule has 0 spiro atoms. The number of halogens is 1. The average molecular weight is 532 g/mol. The van der Waals surface area contributed by atoms with Gasteiger partial charge < -0.3 is 21.5 Å². The molecular formula is C29H27BrNO2P. The summed E-state index contributed by atoms with van der Waals surface area (Å²) in [7, 11) is -2.62. The summed E-state index contributed by atoms with van der Waals surface area (Å²) in [6.07, 6.45) is 0. The minimum absolute atomic E-state index is 0. The lowest BCUT2D eigenvalue weighted by atomic mass is 10.1. The van der Waals surface area contributed by atoms with Crippen LogP contribution < -0.4 is 32.9 Å². The first kappa shape index (κ1) is 25.6. The molecule has 4 aromatic rings. The van der Waals surface area contributed by atoms with Crippen LogP contribution in [0, 0.1) is 5.92 Å². The van der Waals surface area contributed by atoms with Crippen molar-refractivity contribution in [2.75, 3.05) is 0 Å². The Labute approximate surface area is 212 Å². The molecule has 0 bridgehead atoms. The van der Waals surface area contributed by atoms with Gasteiger partial charge in [0.1, 0.15) is 21.7 Å². The third-order valence-electron chi connectivity index (χ3n) is 5.57. The highest BCUT2D eigenvalue weighted by Gasteiger charge is 2.51. The zero-order chi connectivity index (χ0) is 23.1. The number of Topliss-reactive ketones (excluding diaryl/α,β-unsaturated/α-hetero) is 1. The van der Waals surface area contributed by atoms with E-state index >= 15 is 0 Å². The standard InChI is InChI=1S/C29H27NO2P.BrH/c1-23(24(2)31)29(30-25-15-7-3-8-16-25)32-33(26-17-9-4-10-18-26,27-19-11-5-12-20-27)28-21-13-6-14-22-28;/h3-23H,1-2H3;1H/q+1;/p-1. The molecule has 0 heterocycles. The number of aliphatic imine (C=N–C) groups is 1. The molecule has 5 heteroatoms. The summed E-state index contributed by atoms with van der Waals surface area (Å²) in [4.78, 5) is 17.4. The predicted octanol–water partition coefficient (Wildman–Crippen LogP) is 2.87. The summed E-state index contributed by atoms with van der Waals surface area (Å²) in [6.45, 7) is 3.45. The Kier molecular flexibility index (Phi) is 8.92. The second-order valence-electron chi connectivity index (χ2n) is 7.83. The van der Waals surface area contributed by atoms with Crippen molar-refractivity contribution in [2.45, 2.75) is 13.8 Å². The van der Waals surface area contributed by atoms with Crippen molar-refractivity contribution in [3.8, 4) is 0 Å². The van der Waals surface area contributed by atoms with Gasteiger partial charge in [0.25, 0.3) is 13.4 Å². The highest BCUT2D eigenvalue weighted by molar-refractivity contribution is 7.92. The number of hydrogen-bond donors (Lipinski definition) is 0. The average Bonchev–Trinajstić information content (AvgIpc) is 2.88. The lowest BCUT2D eigenvalue weighted by Gasteiger charge is -2.27. The van der Waals surface area contributed by atoms with Crippen molar-refractivity contribution in [1.82, 2.24) is 0 Å². The van der Waals surface area contributed by atoms with E-state index in [1.807, 2.05) is 91.9 Å². The summed E-state index contributed by atoms with van der Waals surface area (Å²) in [5, 5.41) is 3.21. The predicted molar refractivity (Wildman–Crippen MR) is 140 cm³/mol. The van der Waals surface area contributed by atoms with Gasteiger partial charge in [-0.15, -0.1) is 0 Å². The Balaban J connectivity index is 0.00000324. The van der Waals surface area contributed by atoms with Crippen molar-refractivity contribution in [3.05, 3.63) is 121 Å². The van der Waals surface area contributed by atoms with E-state index in [-0.39, 0.29) is 22.8 Å². The summed E-state index contributed by atoms with van der Waals surface area (Å²) >= 11 is 0. The minimum atomic E-state index is -2.62. The Bertz CT molecular complexity index is 1120. The minimum Gasteiger partial charge on any atom is -1.00 e. The van der Waals surface area contributed by atoms with Crippen LogP contribution in [0.5, 0.6) is 0 Å². The maximum atomic E-state index is 12.5. The van der Waals surface area contributed by atoms with Crippen molar-refractivity contribution in [2.24, 2.45) is 10.9 Å². The van der Waals surface area contributed by atoms with Crippen molar-refractivity contribution in [3.63, 3.8) is 0 Å². The van der Waals surface area contributed by atoms with Gasteiger partial charge in [-0.3, -0.25) is 4.79 Å². The first-order valence-corrected chi connectivity index (χ1v) is 12.7. The van der Waals surface area contributed by atoms with Crippen molar-refractivity contribution < 1.29 is 26.3 Å². The van der Waals surface area contributed by atoms with Crippen LogP contribution in [0.25, 0.3) is 0 Å². The van der Waals surface area contributed by atoms with E-state index in [0.29, 0.717) is 5.90 Å². The fraction of sp³-hybridized carbons (Fsp3) is 0.103. The van der Waals surface area contributed by atoms with E-state index in [1.165, 1.54) is 0 Å². The Morgan fingerprint density at radius 1 is 0.676 bits per heavy atom. The number of para-hydroxylation sites is 1. The number of carbonyl (C=O) groups excluding carboxylic acids is 1. The first-order chi connectivity index (χ1) is 16.1. The fourth-order valence-corrected chi connectivity index (χ4v) is 7.13. The molecule has 0 N–H and O–H groups in total. The fourth-order valence-electron chi connectivity index (χ4n) is 3.66. The van der Waals surface area contributed by atoms with Gasteiger partial charge in [0.2, 0.25) is 0 Å². The second-order valence-corrected chi connectivity index (χ2v) is 10.8. The number of carbonyl (C=O) groups is 1. The summed E-state index contributed by atoms with van der Waals surface area (Å²) in [5.41, 5.74) is 0.757. The number of ketones is 1. The van der Waals surface area contributed by atoms with Crippen LogP contribution in [0.2, 0.25) is 0 Å². The van der Waals surface area contributed by atoms with E-state index < -0.39 is 13.4 Å². The quantitative estimate of drug-likeness (QED) is 0.209. The van der Waals surface area contributed by atoms with Gasteiger partial charge in [-0.25, -0.2) is 4.99 Å². The Hall–Kier alpha value is -3.07.